The molecule has 0 saturated carbocycles. The minimum absolute atomic E-state index is 0.0441. The molecule has 1 aromatic heterocycles. The lowest BCUT2D eigenvalue weighted by atomic mass is 10.1. The van der Waals surface area contributed by atoms with Gasteiger partial charge in [0.25, 0.3) is 0 Å². The highest BCUT2D eigenvalue weighted by Crippen LogP contribution is 2.35. The van der Waals surface area contributed by atoms with Crippen molar-refractivity contribution < 1.29 is 27.4 Å². The molecule has 2 aromatic carbocycles. The summed E-state index contributed by atoms with van der Waals surface area (Å²) in [4.78, 5) is 20.2. The average molecular weight is 550 g/mol. The van der Waals surface area contributed by atoms with Crippen LogP contribution >= 0.6 is 11.3 Å². The van der Waals surface area contributed by atoms with E-state index in [-0.39, 0.29) is 12.3 Å². The Morgan fingerprint density at radius 2 is 1.79 bits per heavy atom. The van der Waals surface area contributed by atoms with E-state index in [9.17, 15) is 18.0 Å². The number of halogens is 3. The van der Waals surface area contributed by atoms with E-state index in [1.807, 2.05) is 0 Å². The molecular weight excluding hydrogens is 515 g/mol. The van der Waals surface area contributed by atoms with Crippen LogP contribution in [0.15, 0.2) is 42.5 Å². The molecule has 0 spiro atoms. The summed E-state index contributed by atoms with van der Waals surface area (Å²) in [5.74, 6) is 0.820. The lowest BCUT2D eigenvalue weighted by Crippen LogP contribution is -2.39. The number of benzene rings is 2. The Morgan fingerprint density at radius 1 is 1.08 bits per heavy atom. The molecule has 0 unspecified atom stereocenters. The molecule has 0 atom stereocenters. The van der Waals surface area contributed by atoms with E-state index in [1.54, 1.807) is 38.3 Å². The van der Waals surface area contributed by atoms with Gasteiger partial charge in [-0.2, -0.15) is 13.2 Å². The van der Waals surface area contributed by atoms with Crippen LogP contribution in [0.3, 0.4) is 0 Å². The number of methoxy groups -OCH3 is 1. The Balaban J connectivity index is 1.68. The van der Waals surface area contributed by atoms with Crippen LogP contribution < -0.4 is 14.8 Å². The molecule has 1 N–H and O–H groups in total. The van der Waals surface area contributed by atoms with Gasteiger partial charge in [0, 0.05) is 40.8 Å². The Hall–Kier alpha value is -3.11. The van der Waals surface area contributed by atoms with E-state index in [4.69, 9.17) is 9.47 Å². The van der Waals surface area contributed by atoms with Crippen molar-refractivity contribution >= 4 is 22.9 Å². The number of rotatable bonds is 11. The van der Waals surface area contributed by atoms with Gasteiger partial charge in [0.05, 0.1) is 24.8 Å². The minimum Gasteiger partial charge on any atom is -0.493 e. The molecule has 0 bridgehead atoms. The smallest absolute Gasteiger partial charge is 0.416 e. The molecule has 1 heterocycles. The van der Waals surface area contributed by atoms with Crippen LogP contribution in [0, 0.1) is 6.92 Å². The van der Waals surface area contributed by atoms with E-state index in [2.05, 4.69) is 42.9 Å². The van der Waals surface area contributed by atoms with Gasteiger partial charge in [-0.05, 0) is 58.9 Å². The second kappa shape index (κ2) is 12.6. The quantitative estimate of drug-likeness (QED) is 0.284. The molecule has 38 heavy (non-hydrogen) atoms. The molecule has 0 aliphatic heterocycles. The highest BCUT2D eigenvalue weighted by molar-refractivity contribution is 7.15. The number of hydrogen-bond acceptors (Lipinski definition) is 6. The van der Waals surface area contributed by atoms with Gasteiger partial charge in [-0.1, -0.05) is 12.1 Å². The van der Waals surface area contributed by atoms with Gasteiger partial charge in [-0.15, -0.1) is 11.3 Å². The third-order valence-corrected chi connectivity index (χ3v) is 7.24. The normalized spacial score (nSPS) is 11.9. The zero-order valence-electron chi connectivity index (χ0n) is 22.5. The summed E-state index contributed by atoms with van der Waals surface area (Å²) < 4.78 is 50.7. The van der Waals surface area contributed by atoms with Crippen molar-refractivity contribution in [2.24, 2.45) is 0 Å². The first kappa shape index (κ1) is 29.4. The summed E-state index contributed by atoms with van der Waals surface area (Å²) in [6.45, 7) is 11.5. The summed E-state index contributed by atoms with van der Waals surface area (Å²) in [6.07, 6.45) is -4.39. The van der Waals surface area contributed by atoms with E-state index >= 15 is 0 Å². The Labute approximate surface area is 225 Å². The number of aryl methyl sites for hydroxylation is 1. The predicted molar refractivity (Wildman–Crippen MR) is 145 cm³/mol. The van der Waals surface area contributed by atoms with Gasteiger partial charge in [0.1, 0.15) is 11.6 Å². The Morgan fingerprint density at radius 3 is 2.42 bits per heavy atom. The molecule has 6 nitrogen and oxygen atoms in total. The van der Waals surface area contributed by atoms with Crippen LogP contribution in [0.25, 0.3) is 10.6 Å². The first-order valence-corrected chi connectivity index (χ1v) is 13.2. The number of amides is 1. The van der Waals surface area contributed by atoms with Gasteiger partial charge in [0.15, 0.2) is 11.5 Å². The highest BCUT2D eigenvalue weighted by atomic mass is 32.1. The second-order valence-electron chi connectivity index (χ2n) is 9.47. The third-order valence-electron chi connectivity index (χ3n) is 6.03. The third kappa shape index (κ3) is 7.70. The molecule has 3 aromatic rings. The average Bonchev–Trinajstić information content (AvgIpc) is 3.20. The molecule has 0 radical (unpaired) electrons. The van der Waals surface area contributed by atoms with Gasteiger partial charge >= 0.3 is 6.18 Å². The fourth-order valence-electron chi connectivity index (χ4n) is 4.14. The molecule has 0 aliphatic carbocycles. The topological polar surface area (TPSA) is 63.7 Å². The molecule has 0 fully saturated rings. The highest BCUT2D eigenvalue weighted by Gasteiger charge is 2.30. The van der Waals surface area contributed by atoms with E-state index in [1.165, 1.54) is 17.4 Å². The number of aromatic nitrogens is 1. The number of alkyl halides is 3. The van der Waals surface area contributed by atoms with Crippen molar-refractivity contribution in [3.05, 3.63) is 58.6 Å². The number of carbonyl (C=O) groups is 1. The number of thiazole rings is 1. The van der Waals surface area contributed by atoms with Gasteiger partial charge in [-0.3, -0.25) is 9.69 Å². The fraction of sp³-hybridized carbons (Fsp3) is 0.429. The van der Waals surface area contributed by atoms with Gasteiger partial charge < -0.3 is 14.8 Å². The second-order valence-corrected chi connectivity index (χ2v) is 10.6. The summed E-state index contributed by atoms with van der Waals surface area (Å²) in [5, 5.41) is 3.31. The molecule has 3 rings (SSSR count). The molecular formula is C28H34F3N3O3S. The number of nitrogens with one attached hydrogen (secondary N) is 1. The predicted octanol–water partition coefficient (Wildman–Crippen LogP) is 6.82. The van der Waals surface area contributed by atoms with Crippen LogP contribution in [0.4, 0.5) is 18.9 Å². The van der Waals surface area contributed by atoms with Crippen LogP contribution in [-0.4, -0.2) is 48.1 Å². The largest absolute Gasteiger partial charge is 0.493 e. The number of anilines is 1. The van der Waals surface area contributed by atoms with Gasteiger partial charge in [-0.25, -0.2) is 4.98 Å². The van der Waals surface area contributed by atoms with Crippen molar-refractivity contribution in [2.45, 2.75) is 59.3 Å². The van der Waals surface area contributed by atoms with Crippen molar-refractivity contribution in [3.8, 4) is 22.1 Å². The standard InChI is InChI=1S/C28H34F3N3O3S/c1-17(2)34(18(3)4)12-13-37-24-15-22(10-11-23(24)36-6)33-26(35)16-25-19(5)32-27(38-25)20-8-7-9-21(14-20)28(29,30)31/h7-11,14-15,17-18H,12-13,16H2,1-6H3,(H,33,35). The summed E-state index contributed by atoms with van der Waals surface area (Å²) in [7, 11) is 1.56. The number of hydrogen-bond donors (Lipinski definition) is 1. The summed E-state index contributed by atoms with van der Waals surface area (Å²) in [5.41, 5.74) is 0.789. The van der Waals surface area contributed by atoms with Crippen LogP contribution in [0.1, 0.15) is 43.8 Å². The van der Waals surface area contributed by atoms with E-state index in [0.717, 1.165) is 18.7 Å². The molecule has 206 valence electrons. The van der Waals surface area contributed by atoms with Gasteiger partial charge in [0.2, 0.25) is 5.91 Å². The molecule has 1 amide bonds. The fourth-order valence-corrected chi connectivity index (χ4v) is 5.19. The van der Waals surface area contributed by atoms with Crippen molar-refractivity contribution in [1.29, 1.82) is 0 Å². The number of ether oxygens (including phenoxy) is 2. The van der Waals surface area contributed by atoms with E-state index < -0.39 is 11.7 Å². The number of carbonyl (C=O) groups excluding carboxylic acids is 1. The molecule has 0 saturated heterocycles. The molecule has 0 aliphatic rings. The zero-order valence-corrected chi connectivity index (χ0v) is 23.3. The van der Waals surface area contributed by atoms with Crippen LogP contribution in [-0.2, 0) is 17.4 Å². The maximum absolute atomic E-state index is 13.1. The van der Waals surface area contributed by atoms with Crippen molar-refractivity contribution in [2.75, 3.05) is 25.6 Å². The number of nitrogens with zero attached hydrogens (tertiary/aromatic N) is 2. The summed E-state index contributed by atoms with van der Waals surface area (Å²) in [6, 6.07) is 11.0. The lowest BCUT2D eigenvalue weighted by molar-refractivity contribution is -0.137. The lowest BCUT2D eigenvalue weighted by Gasteiger charge is -2.30. The molecule has 10 heteroatoms. The van der Waals surface area contributed by atoms with Crippen LogP contribution in [0.5, 0.6) is 11.5 Å². The van der Waals surface area contributed by atoms with E-state index in [0.29, 0.717) is 57.0 Å². The van der Waals surface area contributed by atoms with Crippen molar-refractivity contribution in [1.82, 2.24) is 9.88 Å². The monoisotopic (exact) mass is 549 g/mol. The Bertz CT molecular complexity index is 1230. The zero-order chi connectivity index (χ0) is 28.0. The first-order valence-electron chi connectivity index (χ1n) is 12.4. The maximum atomic E-state index is 13.1. The SMILES string of the molecule is COc1ccc(NC(=O)Cc2sc(-c3cccc(C(F)(F)F)c3)nc2C)cc1OCCN(C(C)C)C(C)C. The summed E-state index contributed by atoms with van der Waals surface area (Å²) >= 11 is 1.21. The van der Waals surface area contributed by atoms with Crippen molar-refractivity contribution in [3.63, 3.8) is 0 Å². The maximum Gasteiger partial charge on any atom is 0.416 e. The van der Waals surface area contributed by atoms with Crippen LogP contribution in [0.2, 0.25) is 0 Å². The minimum atomic E-state index is -4.44. The Kier molecular flexibility index (Phi) is 9.78. The first-order chi connectivity index (χ1) is 17.9.